The van der Waals surface area contributed by atoms with Gasteiger partial charge in [0.1, 0.15) is 5.75 Å². The predicted octanol–water partition coefficient (Wildman–Crippen LogP) is 4.28. The Morgan fingerprint density at radius 1 is 1.29 bits per heavy atom. The van der Waals surface area contributed by atoms with Crippen molar-refractivity contribution in [3.63, 3.8) is 0 Å². The minimum atomic E-state index is 0.0523. The number of rotatable bonds is 6. The molecule has 2 N–H and O–H groups in total. The standard InChI is InChI=1S/C14H22BrNO/c1-4-17-14-8-6-11(15)9-12(14)13(16)7-5-10(2)3/h6,8-10,13H,4-5,7,16H2,1-3H3/t13-/m1/s1. The summed E-state index contributed by atoms with van der Waals surface area (Å²) in [5.41, 5.74) is 7.34. The summed E-state index contributed by atoms with van der Waals surface area (Å²) in [6, 6.07) is 6.09. The topological polar surface area (TPSA) is 35.2 Å². The molecule has 2 nitrogen and oxygen atoms in total. The second-order valence-electron chi connectivity index (χ2n) is 4.69. The SMILES string of the molecule is CCOc1ccc(Br)cc1[C@H](N)CCC(C)C. The number of benzene rings is 1. The van der Waals surface area contributed by atoms with Crippen LogP contribution in [0.3, 0.4) is 0 Å². The van der Waals surface area contributed by atoms with Crippen LogP contribution in [0.2, 0.25) is 0 Å². The van der Waals surface area contributed by atoms with Crippen molar-refractivity contribution in [1.29, 1.82) is 0 Å². The molecule has 0 aliphatic carbocycles. The molecule has 0 radical (unpaired) electrons. The second-order valence-corrected chi connectivity index (χ2v) is 5.61. The molecule has 96 valence electrons. The highest BCUT2D eigenvalue weighted by Gasteiger charge is 2.13. The third-order valence-electron chi connectivity index (χ3n) is 2.73. The zero-order chi connectivity index (χ0) is 12.8. The van der Waals surface area contributed by atoms with Gasteiger partial charge in [-0.1, -0.05) is 29.8 Å². The Kier molecular flexibility index (Phi) is 6.00. The minimum absolute atomic E-state index is 0.0523. The van der Waals surface area contributed by atoms with E-state index in [1.165, 1.54) is 0 Å². The van der Waals surface area contributed by atoms with Gasteiger partial charge in [0, 0.05) is 16.1 Å². The summed E-state index contributed by atoms with van der Waals surface area (Å²) in [7, 11) is 0. The van der Waals surface area contributed by atoms with Gasteiger partial charge in [0.2, 0.25) is 0 Å². The molecule has 1 atom stereocenters. The fourth-order valence-corrected chi connectivity index (χ4v) is 2.14. The highest BCUT2D eigenvalue weighted by molar-refractivity contribution is 9.10. The second kappa shape index (κ2) is 7.02. The molecule has 0 spiro atoms. The third-order valence-corrected chi connectivity index (χ3v) is 3.22. The van der Waals surface area contributed by atoms with Crippen LogP contribution < -0.4 is 10.5 Å². The van der Waals surface area contributed by atoms with E-state index >= 15 is 0 Å². The van der Waals surface area contributed by atoms with Gasteiger partial charge in [-0.3, -0.25) is 0 Å². The van der Waals surface area contributed by atoms with Crippen molar-refractivity contribution in [1.82, 2.24) is 0 Å². The van der Waals surface area contributed by atoms with E-state index in [1.54, 1.807) is 0 Å². The Balaban J connectivity index is 2.81. The van der Waals surface area contributed by atoms with Crippen molar-refractivity contribution < 1.29 is 4.74 Å². The van der Waals surface area contributed by atoms with E-state index in [-0.39, 0.29) is 6.04 Å². The number of hydrogen-bond donors (Lipinski definition) is 1. The minimum Gasteiger partial charge on any atom is -0.494 e. The Hall–Kier alpha value is -0.540. The van der Waals surface area contributed by atoms with Gasteiger partial charge in [0.15, 0.2) is 0 Å². The first-order valence-electron chi connectivity index (χ1n) is 6.22. The van der Waals surface area contributed by atoms with Crippen molar-refractivity contribution in [2.24, 2.45) is 11.7 Å². The molecule has 0 aromatic heterocycles. The molecule has 0 saturated heterocycles. The van der Waals surface area contributed by atoms with Gasteiger partial charge >= 0.3 is 0 Å². The molecule has 0 aliphatic rings. The summed E-state index contributed by atoms with van der Waals surface area (Å²) in [5, 5.41) is 0. The average Bonchev–Trinajstić information content (AvgIpc) is 2.28. The van der Waals surface area contributed by atoms with E-state index < -0.39 is 0 Å². The first-order valence-corrected chi connectivity index (χ1v) is 7.01. The fraction of sp³-hybridized carbons (Fsp3) is 0.571. The Morgan fingerprint density at radius 3 is 2.59 bits per heavy atom. The van der Waals surface area contributed by atoms with E-state index in [0.717, 1.165) is 28.6 Å². The van der Waals surface area contributed by atoms with E-state index in [2.05, 4.69) is 35.8 Å². The molecule has 0 aliphatic heterocycles. The summed E-state index contributed by atoms with van der Waals surface area (Å²) >= 11 is 3.48. The van der Waals surface area contributed by atoms with Crippen LogP contribution in [0.5, 0.6) is 5.75 Å². The van der Waals surface area contributed by atoms with Crippen LogP contribution in [0.15, 0.2) is 22.7 Å². The molecular weight excluding hydrogens is 278 g/mol. The molecule has 17 heavy (non-hydrogen) atoms. The highest BCUT2D eigenvalue weighted by Crippen LogP contribution is 2.30. The Labute approximate surface area is 113 Å². The molecule has 0 unspecified atom stereocenters. The molecular formula is C14H22BrNO. The zero-order valence-electron chi connectivity index (χ0n) is 10.9. The molecule has 0 amide bonds. The lowest BCUT2D eigenvalue weighted by atomic mass is 9.98. The van der Waals surface area contributed by atoms with Crippen molar-refractivity contribution >= 4 is 15.9 Å². The lowest BCUT2D eigenvalue weighted by Gasteiger charge is -2.17. The number of ether oxygens (including phenoxy) is 1. The summed E-state index contributed by atoms with van der Waals surface area (Å²) < 4.78 is 6.67. The molecule has 0 heterocycles. The van der Waals surface area contributed by atoms with Gasteiger partial charge in [-0.15, -0.1) is 0 Å². The van der Waals surface area contributed by atoms with Crippen LogP contribution in [-0.2, 0) is 0 Å². The Bertz CT molecular complexity index is 352. The molecule has 1 rings (SSSR count). The van der Waals surface area contributed by atoms with Crippen LogP contribution >= 0.6 is 15.9 Å². The maximum absolute atomic E-state index is 6.24. The molecule has 0 bridgehead atoms. The smallest absolute Gasteiger partial charge is 0.124 e. The van der Waals surface area contributed by atoms with Gasteiger partial charge in [0.25, 0.3) is 0 Å². The lowest BCUT2D eigenvalue weighted by molar-refractivity contribution is 0.332. The zero-order valence-corrected chi connectivity index (χ0v) is 12.5. The van der Waals surface area contributed by atoms with Crippen molar-refractivity contribution in [2.45, 2.75) is 39.7 Å². The van der Waals surface area contributed by atoms with Crippen molar-refractivity contribution in [3.05, 3.63) is 28.2 Å². The van der Waals surface area contributed by atoms with Crippen LogP contribution in [0.1, 0.15) is 45.2 Å². The molecule has 3 heteroatoms. The highest BCUT2D eigenvalue weighted by atomic mass is 79.9. The van der Waals surface area contributed by atoms with Crippen molar-refractivity contribution in [2.75, 3.05) is 6.61 Å². The van der Waals surface area contributed by atoms with Gasteiger partial charge in [-0.2, -0.15) is 0 Å². The van der Waals surface area contributed by atoms with Gasteiger partial charge in [0.05, 0.1) is 6.61 Å². The van der Waals surface area contributed by atoms with Crippen molar-refractivity contribution in [3.8, 4) is 5.75 Å². The number of nitrogens with two attached hydrogens (primary N) is 1. The van der Waals surface area contributed by atoms with E-state index in [4.69, 9.17) is 10.5 Å². The van der Waals surface area contributed by atoms with Crippen LogP contribution in [0, 0.1) is 5.92 Å². The molecule has 1 aromatic carbocycles. The summed E-state index contributed by atoms with van der Waals surface area (Å²) in [4.78, 5) is 0. The quantitative estimate of drug-likeness (QED) is 0.851. The average molecular weight is 300 g/mol. The first kappa shape index (κ1) is 14.5. The molecule has 0 fully saturated rings. The lowest BCUT2D eigenvalue weighted by Crippen LogP contribution is -2.13. The van der Waals surface area contributed by atoms with Crippen LogP contribution in [0.25, 0.3) is 0 Å². The predicted molar refractivity (Wildman–Crippen MR) is 76.3 cm³/mol. The van der Waals surface area contributed by atoms with Crippen LogP contribution in [-0.4, -0.2) is 6.61 Å². The first-order chi connectivity index (χ1) is 8.04. The number of hydrogen-bond acceptors (Lipinski definition) is 2. The van der Waals surface area contributed by atoms with Gasteiger partial charge in [-0.05, 0) is 43.9 Å². The van der Waals surface area contributed by atoms with Gasteiger partial charge in [-0.25, -0.2) is 0 Å². The normalized spacial score (nSPS) is 12.8. The fourth-order valence-electron chi connectivity index (χ4n) is 1.76. The maximum Gasteiger partial charge on any atom is 0.124 e. The maximum atomic E-state index is 6.24. The third kappa shape index (κ3) is 4.68. The Morgan fingerprint density at radius 2 is 2.00 bits per heavy atom. The van der Waals surface area contributed by atoms with E-state index in [1.807, 2.05) is 19.1 Å². The summed E-state index contributed by atoms with van der Waals surface area (Å²) in [5.74, 6) is 1.59. The molecule has 0 saturated carbocycles. The van der Waals surface area contributed by atoms with Crippen LogP contribution in [0.4, 0.5) is 0 Å². The van der Waals surface area contributed by atoms with E-state index in [9.17, 15) is 0 Å². The van der Waals surface area contributed by atoms with Gasteiger partial charge < -0.3 is 10.5 Å². The monoisotopic (exact) mass is 299 g/mol. The largest absolute Gasteiger partial charge is 0.494 e. The summed E-state index contributed by atoms with van der Waals surface area (Å²) in [6.07, 6.45) is 2.13. The van der Waals surface area contributed by atoms with E-state index in [0.29, 0.717) is 12.5 Å². The molecule has 1 aromatic rings. The summed E-state index contributed by atoms with van der Waals surface area (Å²) in [6.45, 7) is 7.10. The number of halogens is 1.